The summed E-state index contributed by atoms with van der Waals surface area (Å²) in [5, 5.41) is 0.0726. The van der Waals surface area contributed by atoms with Gasteiger partial charge < -0.3 is 0 Å². The summed E-state index contributed by atoms with van der Waals surface area (Å²) in [5.41, 5.74) is 7.54. The fraction of sp³-hybridized carbons (Fsp3) is 0.0270. The molecular weight excluding hydrogens is 506 g/mol. The molecule has 188 valence electrons. The van der Waals surface area contributed by atoms with Gasteiger partial charge in [-0.05, 0) is 97.1 Å². The van der Waals surface area contributed by atoms with Gasteiger partial charge in [-0.15, -0.1) is 0 Å². The first kappa shape index (κ1) is 26.3. The van der Waals surface area contributed by atoms with Gasteiger partial charge in [-0.2, -0.15) is 0 Å². The van der Waals surface area contributed by atoms with Crippen molar-refractivity contribution in [2.75, 3.05) is 0 Å². The average molecular weight is 530 g/mol. The maximum atomic E-state index is 11.2. The number of pyridine rings is 1. The summed E-state index contributed by atoms with van der Waals surface area (Å²) in [6.07, 6.45) is 1.80. The van der Waals surface area contributed by atoms with E-state index in [4.69, 9.17) is 0 Å². The number of hydrogen-bond acceptors (Lipinski definition) is 3. The average Bonchev–Trinajstić information content (AvgIpc) is 3.00. The summed E-state index contributed by atoms with van der Waals surface area (Å²) >= 11 is 1.22. The standard InChI is InChI=1S/C37H23NOS/c1-28(39)40-36-24-22-33(23-25-36)19-18-31-12-10-29(11-13-31)8-9-30-14-16-32(17-15-30)20-21-34-5-4-6-35(27-34)37-7-2-3-26-38-37/h2-7,10-17,22-27H,1H3. The predicted octanol–water partition coefficient (Wildman–Crippen LogP) is 7.59. The van der Waals surface area contributed by atoms with Crippen LogP contribution in [0.25, 0.3) is 11.3 Å². The number of thioether (sulfide) groups is 1. The van der Waals surface area contributed by atoms with Gasteiger partial charge in [0.1, 0.15) is 0 Å². The Labute approximate surface area is 239 Å². The Balaban J connectivity index is 1.20. The Bertz CT molecular complexity index is 1820. The first-order valence-corrected chi connectivity index (χ1v) is 13.5. The van der Waals surface area contributed by atoms with Crippen LogP contribution in [0.5, 0.6) is 0 Å². The minimum Gasteiger partial charge on any atom is -0.287 e. The molecule has 0 radical (unpaired) electrons. The van der Waals surface area contributed by atoms with Gasteiger partial charge in [-0.1, -0.05) is 65.5 Å². The summed E-state index contributed by atoms with van der Waals surface area (Å²) in [7, 11) is 0. The van der Waals surface area contributed by atoms with Gasteiger partial charge in [0.25, 0.3) is 0 Å². The molecule has 5 aromatic rings. The molecule has 0 spiro atoms. The Morgan fingerprint density at radius 1 is 0.550 bits per heavy atom. The zero-order chi connectivity index (χ0) is 27.6. The van der Waals surface area contributed by atoms with Crippen LogP contribution in [0.15, 0.2) is 126 Å². The summed E-state index contributed by atoms with van der Waals surface area (Å²) in [6.45, 7) is 1.56. The fourth-order valence-corrected chi connectivity index (χ4v) is 4.37. The monoisotopic (exact) mass is 529 g/mol. The van der Waals surface area contributed by atoms with E-state index >= 15 is 0 Å². The van der Waals surface area contributed by atoms with Crippen LogP contribution in [-0.4, -0.2) is 10.1 Å². The zero-order valence-corrected chi connectivity index (χ0v) is 22.6. The molecule has 0 unspecified atom stereocenters. The molecule has 5 rings (SSSR count). The van der Waals surface area contributed by atoms with Crippen molar-refractivity contribution in [1.29, 1.82) is 0 Å². The quantitative estimate of drug-likeness (QED) is 0.174. The van der Waals surface area contributed by atoms with E-state index in [0.717, 1.165) is 49.5 Å². The lowest BCUT2D eigenvalue weighted by Crippen LogP contribution is -1.83. The van der Waals surface area contributed by atoms with Crippen molar-refractivity contribution in [1.82, 2.24) is 4.98 Å². The second-order valence-electron chi connectivity index (χ2n) is 8.82. The van der Waals surface area contributed by atoms with E-state index in [0.29, 0.717) is 0 Å². The molecule has 0 amide bonds. The molecule has 0 saturated heterocycles. The second-order valence-corrected chi connectivity index (χ2v) is 10.1. The molecule has 3 heteroatoms. The lowest BCUT2D eigenvalue weighted by molar-refractivity contribution is -0.109. The Hall–Kier alpha value is -5.27. The summed E-state index contributed by atoms with van der Waals surface area (Å²) in [5.74, 6) is 19.2. The molecule has 4 aromatic carbocycles. The second kappa shape index (κ2) is 13.0. The van der Waals surface area contributed by atoms with Crippen LogP contribution in [0.2, 0.25) is 0 Å². The third-order valence-electron chi connectivity index (χ3n) is 5.76. The van der Waals surface area contributed by atoms with Crippen molar-refractivity contribution in [3.63, 3.8) is 0 Å². The van der Waals surface area contributed by atoms with Crippen molar-refractivity contribution in [2.24, 2.45) is 0 Å². The van der Waals surface area contributed by atoms with Crippen LogP contribution < -0.4 is 0 Å². The zero-order valence-electron chi connectivity index (χ0n) is 21.8. The highest BCUT2D eigenvalue weighted by atomic mass is 32.2. The van der Waals surface area contributed by atoms with E-state index in [1.54, 1.807) is 13.1 Å². The maximum Gasteiger partial charge on any atom is 0.190 e. The first-order chi connectivity index (χ1) is 19.6. The number of carbonyl (C=O) groups is 1. The van der Waals surface area contributed by atoms with Crippen LogP contribution in [-0.2, 0) is 4.79 Å². The Morgan fingerprint density at radius 2 is 1.02 bits per heavy atom. The lowest BCUT2D eigenvalue weighted by atomic mass is 10.1. The van der Waals surface area contributed by atoms with Gasteiger partial charge in [-0.25, -0.2) is 0 Å². The molecule has 0 aliphatic carbocycles. The van der Waals surface area contributed by atoms with Crippen LogP contribution >= 0.6 is 11.8 Å². The molecule has 1 aromatic heterocycles. The highest BCUT2D eigenvalue weighted by Gasteiger charge is 1.99. The lowest BCUT2D eigenvalue weighted by Gasteiger charge is -2.00. The molecule has 40 heavy (non-hydrogen) atoms. The number of benzene rings is 4. The molecule has 0 fully saturated rings. The van der Waals surface area contributed by atoms with E-state index in [9.17, 15) is 4.79 Å². The number of rotatable bonds is 2. The van der Waals surface area contributed by atoms with Crippen LogP contribution in [0.1, 0.15) is 40.3 Å². The number of hydrogen-bond donors (Lipinski definition) is 0. The Kier molecular flexibility index (Phi) is 8.56. The number of aromatic nitrogens is 1. The van der Waals surface area contributed by atoms with E-state index in [1.165, 1.54) is 11.8 Å². The van der Waals surface area contributed by atoms with Gasteiger partial charge in [0.15, 0.2) is 5.12 Å². The van der Waals surface area contributed by atoms with Gasteiger partial charge in [0, 0.05) is 57.0 Å². The van der Waals surface area contributed by atoms with Crippen molar-refractivity contribution in [3.8, 4) is 46.8 Å². The van der Waals surface area contributed by atoms with Crippen LogP contribution in [0.4, 0.5) is 0 Å². The molecule has 1 heterocycles. The largest absolute Gasteiger partial charge is 0.287 e. The van der Waals surface area contributed by atoms with E-state index < -0.39 is 0 Å². The summed E-state index contributed by atoms with van der Waals surface area (Å²) in [6, 6.07) is 37.5. The molecule has 2 nitrogen and oxygen atoms in total. The van der Waals surface area contributed by atoms with Crippen LogP contribution in [0.3, 0.4) is 0 Å². The summed E-state index contributed by atoms with van der Waals surface area (Å²) < 4.78 is 0. The molecule has 0 N–H and O–H groups in total. The number of nitrogens with zero attached hydrogens (tertiary/aromatic N) is 1. The fourth-order valence-electron chi connectivity index (χ4n) is 3.77. The molecule has 0 bridgehead atoms. The van der Waals surface area contributed by atoms with Gasteiger partial charge in [0.05, 0.1) is 5.69 Å². The topological polar surface area (TPSA) is 30.0 Å². The predicted molar refractivity (Wildman–Crippen MR) is 163 cm³/mol. The minimum atomic E-state index is 0.0726. The third-order valence-corrected chi connectivity index (χ3v) is 6.56. The van der Waals surface area contributed by atoms with Crippen molar-refractivity contribution >= 4 is 16.9 Å². The van der Waals surface area contributed by atoms with Gasteiger partial charge in [-0.3, -0.25) is 9.78 Å². The van der Waals surface area contributed by atoms with Gasteiger partial charge in [0.2, 0.25) is 0 Å². The third kappa shape index (κ3) is 7.63. The van der Waals surface area contributed by atoms with Crippen molar-refractivity contribution < 1.29 is 4.79 Å². The SMILES string of the molecule is CC(=O)Sc1ccc(C#Cc2ccc(C#Cc3ccc(C#Cc4cccc(-c5ccccn5)c4)cc3)cc2)cc1. The molecule has 0 atom stereocenters. The van der Waals surface area contributed by atoms with Crippen LogP contribution in [0, 0.1) is 35.5 Å². The smallest absolute Gasteiger partial charge is 0.190 e. The highest BCUT2D eigenvalue weighted by Crippen LogP contribution is 2.19. The highest BCUT2D eigenvalue weighted by molar-refractivity contribution is 8.13. The van der Waals surface area contributed by atoms with E-state index in [2.05, 4.69) is 46.6 Å². The van der Waals surface area contributed by atoms with Crippen molar-refractivity contribution in [3.05, 3.63) is 155 Å². The first-order valence-electron chi connectivity index (χ1n) is 12.7. The van der Waals surface area contributed by atoms with Gasteiger partial charge >= 0.3 is 0 Å². The number of carbonyl (C=O) groups excluding carboxylic acids is 1. The van der Waals surface area contributed by atoms with E-state index in [-0.39, 0.29) is 5.12 Å². The summed E-state index contributed by atoms with van der Waals surface area (Å²) in [4.78, 5) is 16.5. The molecule has 0 aliphatic rings. The Morgan fingerprint density at radius 3 is 1.48 bits per heavy atom. The van der Waals surface area contributed by atoms with E-state index in [1.807, 2.05) is 109 Å². The maximum absolute atomic E-state index is 11.2. The van der Waals surface area contributed by atoms with Crippen molar-refractivity contribution in [2.45, 2.75) is 11.8 Å². The molecular formula is C37H23NOS. The minimum absolute atomic E-state index is 0.0726. The normalized spacial score (nSPS) is 9.72. The molecule has 0 aliphatic heterocycles. The molecule has 0 saturated carbocycles.